The number of piperidine rings is 1. The first-order valence-corrected chi connectivity index (χ1v) is 21.0. The minimum Gasteiger partial charge on any atom is -0.456 e. The van der Waals surface area contributed by atoms with Gasteiger partial charge in [0.2, 0.25) is 5.79 Å². The van der Waals surface area contributed by atoms with Gasteiger partial charge in [0.25, 0.3) is 11.7 Å². The van der Waals surface area contributed by atoms with Crippen molar-refractivity contribution in [3.8, 4) is 0 Å². The van der Waals surface area contributed by atoms with Gasteiger partial charge < -0.3 is 44.3 Å². The summed E-state index contributed by atoms with van der Waals surface area (Å²) in [5.41, 5.74) is 1.58. The number of fused-ring (bicyclic) bond motifs is 3. The molecule has 0 aromatic rings. The Morgan fingerprint density at radius 2 is 1.67 bits per heavy atom. The van der Waals surface area contributed by atoms with Gasteiger partial charge in [-0.05, 0) is 95.5 Å². The van der Waals surface area contributed by atoms with Gasteiger partial charge in [-0.25, -0.2) is 4.79 Å². The first kappa shape index (κ1) is 46.9. The van der Waals surface area contributed by atoms with Gasteiger partial charge in [0.05, 0.1) is 24.4 Å². The fourth-order valence-corrected chi connectivity index (χ4v) is 9.51. The average molecular weight is 804 g/mol. The standard InChI is InChI=1S/C44H69NO12/c1-9-12-31-18-25(2)17-26(3)19-37(54-7)40-38(55-8)21-28(5)44(53,57-40)41(50)42(51)45-16-11-10-13-33(45)43(52)56-39(29(6)35(48)23-36(31)49)27(4)20-30-14-15-34(47)32(22-30)24-46/h9,18,20,26,28-35,37-40,46-48,53H,1,10-17,19,21-24H2,2-8H3/b25-18+,27-20+/t26-,28+,29+,30-,31+,32-,33-,34+,35?,37-,38-,39+,40+,44+/m0/s1. The monoisotopic (exact) mass is 803 g/mol. The van der Waals surface area contributed by atoms with Crippen molar-refractivity contribution in [3.05, 3.63) is 36.0 Å². The first-order valence-electron chi connectivity index (χ1n) is 21.0. The molecule has 1 aliphatic carbocycles. The van der Waals surface area contributed by atoms with E-state index in [-0.39, 0.29) is 56.0 Å². The SMILES string of the molecule is C=CC[C@@H]1/C=C(\C)C[C@H](C)C[C@H](OC)[C@H]2O[C@@](O)(C(=O)C(=O)N3CCCC[C@H]3C(=O)O[C@H](/C(C)=C/[C@@H]3CC[C@@H](O)[C@H](CO)C3)[C@H](C)C(O)CC1=O)[C@H](C)C[C@@H]2OC. The molecule has 57 heavy (non-hydrogen) atoms. The molecule has 1 saturated carbocycles. The Kier molecular flexibility index (Phi) is 17.2. The molecule has 0 spiro atoms. The van der Waals surface area contributed by atoms with E-state index in [1.54, 1.807) is 26.8 Å². The molecule has 4 rings (SSSR count). The summed E-state index contributed by atoms with van der Waals surface area (Å²) >= 11 is 0. The summed E-state index contributed by atoms with van der Waals surface area (Å²) in [6, 6.07) is -1.16. The van der Waals surface area contributed by atoms with E-state index in [9.17, 15) is 39.6 Å². The topological polar surface area (TPSA) is 189 Å². The molecule has 0 radical (unpaired) electrons. The molecule has 1 unspecified atom stereocenters. The fourth-order valence-electron chi connectivity index (χ4n) is 9.51. The second kappa shape index (κ2) is 21.0. The van der Waals surface area contributed by atoms with Crippen LogP contribution in [-0.2, 0) is 38.1 Å². The summed E-state index contributed by atoms with van der Waals surface area (Å²) in [7, 11) is 3.04. The number of amides is 1. The molecule has 322 valence electrons. The minimum atomic E-state index is -2.52. The number of hydrogen-bond acceptors (Lipinski definition) is 12. The summed E-state index contributed by atoms with van der Waals surface area (Å²) in [5.74, 6) is -8.19. The molecule has 4 N–H and O–H groups in total. The van der Waals surface area contributed by atoms with E-state index in [2.05, 4.69) is 6.58 Å². The third-order valence-corrected chi connectivity index (χ3v) is 13.0. The van der Waals surface area contributed by atoms with Crippen molar-refractivity contribution in [3.63, 3.8) is 0 Å². The molecule has 2 bridgehead atoms. The minimum absolute atomic E-state index is 0.00385. The van der Waals surface area contributed by atoms with Crippen LogP contribution in [0.2, 0.25) is 0 Å². The van der Waals surface area contributed by atoms with Crippen molar-refractivity contribution in [1.29, 1.82) is 0 Å². The zero-order valence-electron chi connectivity index (χ0n) is 35.1. The number of cyclic esters (lactones) is 1. The molecule has 13 nitrogen and oxygen atoms in total. The van der Waals surface area contributed by atoms with Crippen LogP contribution >= 0.6 is 0 Å². The molecule has 3 aliphatic heterocycles. The molecule has 1 amide bonds. The Balaban J connectivity index is 1.78. The van der Waals surface area contributed by atoms with Gasteiger partial charge in [-0.3, -0.25) is 14.4 Å². The van der Waals surface area contributed by atoms with Crippen molar-refractivity contribution in [1.82, 2.24) is 4.90 Å². The predicted molar refractivity (Wildman–Crippen MR) is 212 cm³/mol. The van der Waals surface area contributed by atoms with E-state index in [1.807, 2.05) is 26.0 Å². The van der Waals surface area contributed by atoms with E-state index in [0.717, 1.165) is 5.57 Å². The summed E-state index contributed by atoms with van der Waals surface area (Å²) in [6.45, 7) is 12.9. The van der Waals surface area contributed by atoms with Crippen molar-refractivity contribution >= 4 is 23.4 Å². The van der Waals surface area contributed by atoms with E-state index < -0.39 is 83.9 Å². The maximum absolute atomic E-state index is 14.3. The van der Waals surface area contributed by atoms with Gasteiger partial charge in [-0.1, -0.05) is 44.6 Å². The van der Waals surface area contributed by atoms with Crippen LogP contribution in [0.3, 0.4) is 0 Å². The van der Waals surface area contributed by atoms with Gasteiger partial charge >= 0.3 is 5.97 Å². The third kappa shape index (κ3) is 11.3. The van der Waals surface area contributed by atoms with Gasteiger partial charge in [0.1, 0.15) is 24.0 Å². The highest BCUT2D eigenvalue weighted by atomic mass is 16.7. The number of aliphatic hydroxyl groups is 4. The Labute approximate surface area is 338 Å². The number of Topliss-reactive ketones (excluding diaryl/α,β-unsaturated/α-hetero) is 2. The molecular formula is C44H69NO12. The highest BCUT2D eigenvalue weighted by Gasteiger charge is 2.56. The summed E-state index contributed by atoms with van der Waals surface area (Å²) in [6.07, 6.45) is 5.00. The Morgan fingerprint density at radius 3 is 2.32 bits per heavy atom. The van der Waals surface area contributed by atoms with Crippen LogP contribution in [0, 0.1) is 35.5 Å². The fraction of sp³-hybridized carbons (Fsp3) is 0.773. The maximum atomic E-state index is 14.3. The van der Waals surface area contributed by atoms with Crippen molar-refractivity contribution in [2.24, 2.45) is 35.5 Å². The summed E-state index contributed by atoms with van der Waals surface area (Å²) in [4.78, 5) is 57.8. The maximum Gasteiger partial charge on any atom is 0.329 e. The molecular weight excluding hydrogens is 734 g/mol. The second-order valence-electron chi connectivity index (χ2n) is 17.4. The van der Waals surface area contributed by atoms with Crippen molar-refractivity contribution in [2.45, 2.75) is 154 Å². The van der Waals surface area contributed by atoms with Crippen LogP contribution in [0.25, 0.3) is 0 Å². The van der Waals surface area contributed by atoms with E-state index in [1.165, 1.54) is 19.1 Å². The van der Waals surface area contributed by atoms with Crippen molar-refractivity contribution in [2.75, 3.05) is 27.4 Å². The smallest absolute Gasteiger partial charge is 0.329 e. The molecule has 0 aromatic heterocycles. The van der Waals surface area contributed by atoms with E-state index in [0.29, 0.717) is 56.9 Å². The van der Waals surface area contributed by atoms with Crippen LogP contribution in [-0.4, -0.2) is 125 Å². The Bertz CT molecular complexity index is 1480. The van der Waals surface area contributed by atoms with Crippen LogP contribution < -0.4 is 0 Å². The lowest BCUT2D eigenvalue weighted by molar-refractivity contribution is -0.302. The second-order valence-corrected chi connectivity index (χ2v) is 17.4. The molecule has 13 heteroatoms. The molecule has 2 saturated heterocycles. The van der Waals surface area contributed by atoms with E-state index >= 15 is 0 Å². The number of ketones is 2. The van der Waals surface area contributed by atoms with E-state index in [4.69, 9.17) is 18.9 Å². The molecule has 3 heterocycles. The number of aliphatic hydroxyl groups excluding tert-OH is 3. The number of allylic oxidation sites excluding steroid dienone is 4. The van der Waals surface area contributed by atoms with Crippen LogP contribution in [0.5, 0.6) is 0 Å². The third-order valence-electron chi connectivity index (χ3n) is 13.0. The lowest BCUT2D eigenvalue weighted by Gasteiger charge is -2.47. The van der Waals surface area contributed by atoms with Crippen molar-refractivity contribution < 1.29 is 58.6 Å². The highest BCUT2D eigenvalue weighted by Crippen LogP contribution is 2.39. The van der Waals surface area contributed by atoms with Crippen LogP contribution in [0.1, 0.15) is 105 Å². The molecule has 14 atom stereocenters. The summed E-state index contributed by atoms with van der Waals surface area (Å²) in [5, 5.41) is 44.0. The largest absolute Gasteiger partial charge is 0.456 e. The Morgan fingerprint density at radius 1 is 0.982 bits per heavy atom. The number of nitrogens with zero attached hydrogens (tertiary/aromatic N) is 1. The van der Waals surface area contributed by atoms with Gasteiger partial charge in [0, 0.05) is 57.5 Å². The number of methoxy groups -OCH3 is 2. The normalized spacial score (nSPS) is 41.0. The number of carbonyl (C=O) groups excluding carboxylic acids is 4. The number of esters is 1. The van der Waals surface area contributed by atoms with Gasteiger partial charge in [-0.15, -0.1) is 6.58 Å². The zero-order chi connectivity index (χ0) is 42.2. The van der Waals surface area contributed by atoms with Crippen LogP contribution in [0.15, 0.2) is 36.0 Å². The number of ether oxygens (including phenoxy) is 4. The summed E-state index contributed by atoms with van der Waals surface area (Å²) < 4.78 is 24.2. The molecule has 3 fully saturated rings. The number of hydrogen-bond donors (Lipinski definition) is 4. The number of carbonyl (C=O) groups is 4. The zero-order valence-corrected chi connectivity index (χ0v) is 35.1. The lowest BCUT2D eigenvalue weighted by Crippen LogP contribution is -2.64. The van der Waals surface area contributed by atoms with Crippen LogP contribution in [0.4, 0.5) is 0 Å². The average Bonchev–Trinajstić information content (AvgIpc) is 3.18. The molecule has 0 aromatic carbocycles. The Hall–Kier alpha value is -2.78. The lowest BCUT2D eigenvalue weighted by atomic mass is 9.78. The predicted octanol–water partition coefficient (Wildman–Crippen LogP) is 4.23. The first-order chi connectivity index (χ1) is 27.0. The number of rotatable bonds is 7. The van der Waals surface area contributed by atoms with Gasteiger partial charge in [0.15, 0.2) is 0 Å². The highest BCUT2D eigenvalue weighted by molar-refractivity contribution is 6.39. The van der Waals surface area contributed by atoms with Gasteiger partial charge in [-0.2, -0.15) is 0 Å². The quantitative estimate of drug-likeness (QED) is 0.163. The molecule has 4 aliphatic rings.